The second-order valence-corrected chi connectivity index (χ2v) is 5.82. The van der Waals surface area contributed by atoms with E-state index in [0.29, 0.717) is 18.2 Å². The van der Waals surface area contributed by atoms with Crippen LogP contribution in [-0.2, 0) is 12.8 Å². The summed E-state index contributed by atoms with van der Waals surface area (Å²) in [4.78, 5) is 13.3. The molecule has 0 unspecified atom stereocenters. The molecule has 1 aromatic heterocycles. The SMILES string of the molecule is CCc1nc(Cl)c2c(n1)N(CCCN(CCO)CCO)CC2. The number of nitrogens with zero attached hydrogens (tertiary/aromatic N) is 4. The summed E-state index contributed by atoms with van der Waals surface area (Å²) in [7, 11) is 0. The Hall–Kier alpha value is -0.950. The molecular weight excluding hydrogens is 304 g/mol. The van der Waals surface area contributed by atoms with Crippen LogP contribution in [0, 0.1) is 0 Å². The van der Waals surface area contributed by atoms with Gasteiger partial charge in [-0.05, 0) is 12.8 Å². The number of aliphatic hydroxyl groups is 2. The lowest BCUT2D eigenvalue weighted by Gasteiger charge is -2.23. The van der Waals surface area contributed by atoms with Crippen LogP contribution < -0.4 is 4.90 Å². The van der Waals surface area contributed by atoms with Crippen LogP contribution in [0.15, 0.2) is 0 Å². The summed E-state index contributed by atoms with van der Waals surface area (Å²) in [5, 5.41) is 18.6. The molecule has 0 radical (unpaired) electrons. The molecule has 6 nitrogen and oxygen atoms in total. The van der Waals surface area contributed by atoms with Crippen molar-refractivity contribution in [3.8, 4) is 0 Å². The maximum atomic E-state index is 9.03. The normalized spacial score (nSPS) is 14.0. The molecule has 0 saturated carbocycles. The number of rotatable bonds is 9. The number of fused-ring (bicyclic) bond motifs is 1. The minimum atomic E-state index is 0.120. The molecule has 124 valence electrons. The van der Waals surface area contributed by atoms with Crippen LogP contribution in [0.25, 0.3) is 0 Å². The zero-order valence-corrected chi connectivity index (χ0v) is 13.9. The minimum absolute atomic E-state index is 0.120. The summed E-state index contributed by atoms with van der Waals surface area (Å²) in [5.41, 5.74) is 1.06. The van der Waals surface area contributed by atoms with Gasteiger partial charge >= 0.3 is 0 Å². The lowest BCUT2D eigenvalue weighted by molar-refractivity contribution is 0.160. The van der Waals surface area contributed by atoms with Gasteiger partial charge in [0, 0.05) is 44.7 Å². The summed E-state index contributed by atoms with van der Waals surface area (Å²) in [6.45, 7) is 6.15. The molecule has 2 rings (SSSR count). The average molecular weight is 329 g/mol. The highest BCUT2D eigenvalue weighted by Gasteiger charge is 2.24. The monoisotopic (exact) mass is 328 g/mol. The van der Waals surface area contributed by atoms with Crippen LogP contribution in [0.5, 0.6) is 0 Å². The lowest BCUT2D eigenvalue weighted by atomic mass is 10.3. The fourth-order valence-corrected chi connectivity index (χ4v) is 3.07. The Morgan fingerprint density at radius 2 is 1.91 bits per heavy atom. The van der Waals surface area contributed by atoms with Crippen molar-refractivity contribution in [2.75, 3.05) is 50.8 Å². The van der Waals surface area contributed by atoms with Crippen molar-refractivity contribution in [1.29, 1.82) is 0 Å². The fraction of sp³-hybridized carbons (Fsp3) is 0.733. The Morgan fingerprint density at radius 3 is 2.55 bits per heavy atom. The summed E-state index contributed by atoms with van der Waals surface area (Å²) in [6.07, 6.45) is 2.64. The molecule has 1 aromatic rings. The number of aliphatic hydroxyl groups excluding tert-OH is 2. The van der Waals surface area contributed by atoms with Gasteiger partial charge in [0.1, 0.15) is 16.8 Å². The van der Waals surface area contributed by atoms with Crippen molar-refractivity contribution in [2.24, 2.45) is 0 Å². The van der Waals surface area contributed by atoms with E-state index < -0.39 is 0 Å². The number of hydrogen-bond donors (Lipinski definition) is 2. The zero-order valence-electron chi connectivity index (χ0n) is 13.1. The van der Waals surface area contributed by atoms with Gasteiger partial charge in [-0.15, -0.1) is 0 Å². The van der Waals surface area contributed by atoms with Crippen LogP contribution in [0.3, 0.4) is 0 Å². The molecule has 0 fully saturated rings. The van der Waals surface area contributed by atoms with E-state index in [9.17, 15) is 0 Å². The third kappa shape index (κ3) is 4.29. The van der Waals surface area contributed by atoms with E-state index in [-0.39, 0.29) is 13.2 Å². The molecule has 0 atom stereocenters. The van der Waals surface area contributed by atoms with Gasteiger partial charge in [-0.3, -0.25) is 4.90 Å². The van der Waals surface area contributed by atoms with Gasteiger partial charge in [-0.1, -0.05) is 18.5 Å². The highest BCUT2D eigenvalue weighted by atomic mass is 35.5. The van der Waals surface area contributed by atoms with E-state index in [1.54, 1.807) is 0 Å². The molecule has 0 bridgehead atoms. The highest BCUT2D eigenvalue weighted by molar-refractivity contribution is 6.30. The van der Waals surface area contributed by atoms with E-state index >= 15 is 0 Å². The topological polar surface area (TPSA) is 72.7 Å². The van der Waals surface area contributed by atoms with Gasteiger partial charge in [-0.2, -0.15) is 0 Å². The smallest absolute Gasteiger partial charge is 0.138 e. The van der Waals surface area contributed by atoms with E-state index in [0.717, 1.165) is 56.1 Å². The number of hydrogen-bond acceptors (Lipinski definition) is 6. The Kier molecular flexibility index (Phi) is 6.82. The van der Waals surface area contributed by atoms with Gasteiger partial charge in [0.05, 0.1) is 13.2 Å². The molecular formula is C15H25ClN4O2. The van der Waals surface area contributed by atoms with E-state index in [1.807, 2.05) is 6.92 Å². The second-order valence-electron chi connectivity index (χ2n) is 5.47. The molecule has 22 heavy (non-hydrogen) atoms. The summed E-state index contributed by atoms with van der Waals surface area (Å²) in [6, 6.07) is 0. The maximum absolute atomic E-state index is 9.03. The predicted octanol–water partition coefficient (Wildman–Crippen LogP) is 0.732. The minimum Gasteiger partial charge on any atom is -0.395 e. The highest BCUT2D eigenvalue weighted by Crippen LogP contribution is 2.30. The standard InChI is InChI=1S/C15H25ClN4O2/c1-2-13-17-14(16)12-4-7-20(15(12)18-13)6-3-5-19(8-10-21)9-11-22/h21-22H,2-11H2,1H3. The number of aryl methyl sites for hydroxylation is 1. The molecule has 0 amide bonds. The van der Waals surface area contributed by atoms with Crippen molar-refractivity contribution in [1.82, 2.24) is 14.9 Å². The Labute approximate surface area is 136 Å². The molecule has 0 aliphatic carbocycles. The third-order valence-electron chi connectivity index (χ3n) is 3.96. The van der Waals surface area contributed by atoms with Crippen LogP contribution in [0.1, 0.15) is 24.7 Å². The van der Waals surface area contributed by atoms with E-state index in [2.05, 4.69) is 19.8 Å². The van der Waals surface area contributed by atoms with Gasteiger partial charge in [0.25, 0.3) is 0 Å². The molecule has 1 aliphatic heterocycles. The van der Waals surface area contributed by atoms with Gasteiger partial charge in [-0.25, -0.2) is 9.97 Å². The van der Waals surface area contributed by atoms with Crippen LogP contribution in [0.4, 0.5) is 5.82 Å². The van der Waals surface area contributed by atoms with Crippen molar-refractivity contribution < 1.29 is 10.2 Å². The van der Waals surface area contributed by atoms with Crippen LogP contribution >= 0.6 is 11.6 Å². The first-order valence-electron chi connectivity index (χ1n) is 7.93. The van der Waals surface area contributed by atoms with Gasteiger partial charge in [0.15, 0.2) is 0 Å². The molecule has 0 saturated heterocycles. The third-order valence-corrected chi connectivity index (χ3v) is 4.28. The zero-order chi connectivity index (χ0) is 15.9. The molecule has 0 spiro atoms. The first kappa shape index (κ1) is 17.4. The first-order valence-corrected chi connectivity index (χ1v) is 8.31. The summed E-state index contributed by atoms with van der Waals surface area (Å²) in [5.74, 6) is 1.77. The quantitative estimate of drug-likeness (QED) is 0.651. The van der Waals surface area contributed by atoms with Crippen molar-refractivity contribution in [2.45, 2.75) is 26.2 Å². The maximum Gasteiger partial charge on any atom is 0.138 e. The van der Waals surface area contributed by atoms with Crippen LogP contribution in [0.2, 0.25) is 5.15 Å². The Bertz CT molecular complexity index is 481. The van der Waals surface area contributed by atoms with Gasteiger partial charge < -0.3 is 15.1 Å². The second kappa shape index (κ2) is 8.62. The van der Waals surface area contributed by atoms with Crippen LogP contribution in [-0.4, -0.2) is 71.0 Å². The average Bonchev–Trinajstić information content (AvgIpc) is 2.91. The van der Waals surface area contributed by atoms with E-state index in [1.165, 1.54) is 0 Å². The lowest BCUT2D eigenvalue weighted by Crippen LogP contribution is -2.33. The summed E-state index contributed by atoms with van der Waals surface area (Å²) >= 11 is 6.24. The van der Waals surface area contributed by atoms with Gasteiger partial charge in [0.2, 0.25) is 0 Å². The van der Waals surface area contributed by atoms with E-state index in [4.69, 9.17) is 21.8 Å². The molecule has 2 N–H and O–H groups in total. The molecule has 0 aromatic carbocycles. The largest absolute Gasteiger partial charge is 0.395 e. The predicted molar refractivity (Wildman–Crippen MR) is 87.6 cm³/mol. The number of anilines is 1. The number of aromatic nitrogens is 2. The molecule has 2 heterocycles. The molecule has 7 heteroatoms. The van der Waals surface area contributed by atoms with Crippen molar-refractivity contribution in [3.05, 3.63) is 16.5 Å². The van der Waals surface area contributed by atoms with Crippen molar-refractivity contribution in [3.63, 3.8) is 0 Å². The first-order chi connectivity index (χ1) is 10.7. The fourth-order valence-electron chi connectivity index (χ4n) is 2.80. The van der Waals surface area contributed by atoms with Crippen molar-refractivity contribution >= 4 is 17.4 Å². The molecule has 1 aliphatic rings. The Balaban J connectivity index is 1.92. The Morgan fingerprint density at radius 1 is 1.18 bits per heavy atom. The number of halogens is 1. The summed E-state index contributed by atoms with van der Waals surface area (Å²) < 4.78 is 0.